The van der Waals surface area contributed by atoms with Crippen LogP contribution >= 0.6 is 0 Å². The van der Waals surface area contributed by atoms with Gasteiger partial charge in [-0.2, -0.15) is 0 Å². The highest BCUT2D eigenvalue weighted by Gasteiger charge is 2.59. The van der Waals surface area contributed by atoms with Crippen LogP contribution in [0.3, 0.4) is 0 Å². The summed E-state index contributed by atoms with van der Waals surface area (Å²) in [6.45, 7) is 6.55. The SMILES string of the molecule is CC12Cc3c([nH]c4ccccc34)C(c3ccccc3)N1C(=O)N(CCCN1CCOCC1)C2=O. The zero-order chi connectivity index (χ0) is 23.3. The van der Waals surface area contributed by atoms with Crippen LogP contribution < -0.4 is 0 Å². The minimum absolute atomic E-state index is 0.0867. The van der Waals surface area contributed by atoms with Crippen molar-refractivity contribution >= 4 is 22.8 Å². The van der Waals surface area contributed by atoms with Crippen LogP contribution in [-0.4, -0.2) is 76.6 Å². The maximum atomic E-state index is 13.8. The number of para-hydroxylation sites is 1. The Morgan fingerprint density at radius 1 is 1.00 bits per heavy atom. The average Bonchev–Trinajstić information content (AvgIpc) is 3.32. The van der Waals surface area contributed by atoms with Gasteiger partial charge in [-0.3, -0.25) is 19.5 Å². The van der Waals surface area contributed by atoms with E-state index >= 15 is 0 Å². The second kappa shape index (κ2) is 8.25. The van der Waals surface area contributed by atoms with Crippen molar-refractivity contribution in [2.45, 2.75) is 31.3 Å². The molecule has 2 unspecified atom stereocenters. The summed E-state index contributed by atoms with van der Waals surface area (Å²) in [6.07, 6.45) is 1.28. The lowest BCUT2D eigenvalue weighted by atomic mass is 9.81. The maximum absolute atomic E-state index is 13.8. The zero-order valence-corrected chi connectivity index (χ0v) is 19.5. The van der Waals surface area contributed by atoms with E-state index in [0.29, 0.717) is 13.0 Å². The predicted octanol–water partition coefficient (Wildman–Crippen LogP) is 3.56. The molecule has 4 heterocycles. The lowest BCUT2D eigenvalue weighted by molar-refractivity contribution is -0.133. The molecule has 7 heteroatoms. The number of aromatic nitrogens is 1. The summed E-state index contributed by atoms with van der Waals surface area (Å²) in [4.78, 5) is 36.9. The number of nitrogens with zero attached hydrogens (tertiary/aromatic N) is 3. The number of hydrogen-bond acceptors (Lipinski definition) is 4. The van der Waals surface area contributed by atoms with Crippen molar-refractivity contribution in [1.82, 2.24) is 19.7 Å². The van der Waals surface area contributed by atoms with E-state index in [0.717, 1.165) is 67.0 Å². The maximum Gasteiger partial charge on any atom is 0.328 e. The summed E-state index contributed by atoms with van der Waals surface area (Å²) >= 11 is 0. The van der Waals surface area contributed by atoms with Crippen LogP contribution in [0.4, 0.5) is 4.79 Å². The molecule has 6 rings (SSSR count). The number of benzene rings is 2. The van der Waals surface area contributed by atoms with Crippen molar-refractivity contribution in [3.63, 3.8) is 0 Å². The predicted molar refractivity (Wildman–Crippen MR) is 130 cm³/mol. The van der Waals surface area contributed by atoms with E-state index < -0.39 is 5.54 Å². The number of amides is 3. The summed E-state index contributed by atoms with van der Waals surface area (Å²) in [5.41, 5.74) is 3.30. The Morgan fingerprint density at radius 3 is 2.53 bits per heavy atom. The molecular formula is C27H30N4O3. The van der Waals surface area contributed by atoms with E-state index in [2.05, 4.69) is 22.0 Å². The number of nitrogens with one attached hydrogen (secondary N) is 1. The van der Waals surface area contributed by atoms with E-state index in [1.54, 1.807) is 0 Å². The number of imide groups is 1. The largest absolute Gasteiger partial charge is 0.379 e. The molecule has 3 aromatic rings. The Morgan fingerprint density at radius 2 is 1.74 bits per heavy atom. The first kappa shape index (κ1) is 21.4. The number of rotatable bonds is 5. The van der Waals surface area contributed by atoms with Crippen molar-refractivity contribution in [3.05, 3.63) is 71.4 Å². The second-order valence-corrected chi connectivity index (χ2v) is 9.74. The quantitative estimate of drug-likeness (QED) is 0.594. The van der Waals surface area contributed by atoms with Crippen LogP contribution in [0.5, 0.6) is 0 Å². The lowest BCUT2D eigenvalue weighted by Gasteiger charge is -2.42. The third kappa shape index (κ3) is 3.26. The smallest absolute Gasteiger partial charge is 0.328 e. The van der Waals surface area contributed by atoms with Crippen molar-refractivity contribution in [2.24, 2.45) is 0 Å². The van der Waals surface area contributed by atoms with Gasteiger partial charge in [0.1, 0.15) is 11.6 Å². The minimum Gasteiger partial charge on any atom is -0.379 e. The molecule has 3 aliphatic heterocycles. The van der Waals surface area contributed by atoms with Gasteiger partial charge in [0.15, 0.2) is 0 Å². The summed E-state index contributed by atoms with van der Waals surface area (Å²) in [5, 5.41) is 1.13. The summed E-state index contributed by atoms with van der Waals surface area (Å²) in [6, 6.07) is 17.7. The molecule has 0 bridgehead atoms. The van der Waals surface area contributed by atoms with E-state index in [9.17, 15) is 9.59 Å². The number of carbonyl (C=O) groups excluding carboxylic acids is 2. The van der Waals surface area contributed by atoms with Gasteiger partial charge in [-0.1, -0.05) is 48.5 Å². The highest BCUT2D eigenvalue weighted by atomic mass is 16.5. The molecular weight excluding hydrogens is 428 g/mol. The number of urea groups is 1. The Bertz CT molecular complexity index is 1230. The number of ether oxygens (including phenoxy) is 1. The molecule has 1 N–H and O–H groups in total. The van der Waals surface area contributed by atoms with E-state index in [4.69, 9.17) is 4.74 Å². The molecule has 2 aromatic carbocycles. The van der Waals surface area contributed by atoms with Crippen LogP contribution in [0.15, 0.2) is 54.6 Å². The normalized spacial score (nSPS) is 25.1. The molecule has 2 atom stereocenters. The summed E-state index contributed by atoms with van der Waals surface area (Å²) in [7, 11) is 0. The summed E-state index contributed by atoms with van der Waals surface area (Å²) in [5.74, 6) is -0.0867. The molecule has 3 aliphatic rings. The van der Waals surface area contributed by atoms with Crippen molar-refractivity contribution in [1.29, 1.82) is 0 Å². The molecule has 7 nitrogen and oxygen atoms in total. The highest BCUT2D eigenvalue weighted by Crippen LogP contribution is 2.48. The first-order valence-electron chi connectivity index (χ1n) is 12.2. The van der Waals surface area contributed by atoms with E-state index in [-0.39, 0.29) is 18.0 Å². The topological polar surface area (TPSA) is 68.9 Å². The minimum atomic E-state index is -0.908. The van der Waals surface area contributed by atoms with Gasteiger partial charge in [-0.25, -0.2) is 4.79 Å². The van der Waals surface area contributed by atoms with Crippen LogP contribution in [0.25, 0.3) is 10.9 Å². The van der Waals surface area contributed by atoms with Gasteiger partial charge in [-0.05, 0) is 30.5 Å². The van der Waals surface area contributed by atoms with Crippen LogP contribution in [0, 0.1) is 0 Å². The Hall–Kier alpha value is -3.16. The first-order chi connectivity index (χ1) is 16.6. The molecule has 1 aromatic heterocycles. The molecule has 2 saturated heterocycles. The van der Waals surface area contributed by atoms with Crippen molar-refractivity contribution in [2.75, 3.05) is 39.4 Å². The van der Waals surface area contributed by atoms with Crippen LogP contribution in [0.2, 0.25) is 0 Å². The van der Waals surface area contributed by atoms with Gasteiger partial charge in [0.25, 0.3) is 5.91 Å². The van der Waals surface area contributed by atoms with Crippen LogP contribution in [-0.2, 0) is 16.0 Å². The van der Waals surface area contributed by atoms with Gasteiger partial charge >= 0.3 is 6.03 Å². The standard InChI is InChI=1S/C27H30N4O3/c1-27-18-21-20-10-5-6-11-22(20)28-23(21)24(19-8-3-2-4-9-19)31(27)26(33)30(25(27)32)13-7-12-29-14-16-34-17-15-29/h2-6,8-11,24,28H,7,12-18H2,1H3. The van der Waals surface area contributed by atoms with Gasteiger partial charge in [-0.15, -0.1) is 0 Å². The van der Waals surface area contributed by atoms with Crippen LogP contribution in [0.1, 0.15) is 36.2 Å². The zero-order valence-electron chi connectivity index (χ0n) is 19.5. The van der Waals surface area contributed by atoms with E-state index in [1.165, 1.54) is 4.90 Å². The Balaban J connectivity index is 1.36. The Labute approximate surface area is 199 Å². The van der Waals surface area contributed by atoms with E-state index in [1.807, 2.05) is 54.3 Å². The Kier molecular flexibility index (Phi) is 5.19. The van der Waals surface area contributed by atoms with Gasteiger partial charge in [0.2, 0.25) is 0 Å². The van der Waals surface area contributed by atoms with Crippen molar-refractivity contribution in [3.8, 4) is 0 Å². The van der Waals surface area contributed by atoms with Gasteiger partial charge in [0.05, 0.1) is 13.2 Å². The fraction of sp³-hybridized carbons (Fsp3) is 0.407. The fourth-order valence-corrected chi connectivity index (χ4v) is 5.92. The average molecular weight is 459 g/mol. The molecule has 0 spiro atoms. The molecule has 0 saturated carbocycles. The molecule has 2 fully saturated rings. The monoisotopic (exact) mass is 458 g/mol. The molecule has 34 heavy (non-hydrogen) atoms. The summed E-state index contributed by atoms with van der Waals surface area (Å²) < 4.78 is 5.43. The van der Waals surface area contributed by atoms with Gasteiger partial charge < -0.3 is 9.72 Å². The number of morpholine rings is 1. The fourth-order valence-electron chi connectivity index (χ4n) is 5.92. The molecule has 176 valence electrons. The molecule has 3 amide bonds. The number of hydrogen-bond donors (Lipinski definition) is 1. The number of aromatic amines is 1. The third-order valence-electron chi connectivity index (χ3n) is 7.65. The molecule has 0 radical (unpaired) electrons. The number of carbonyl (C=O) groups is 2. The van der Waals surface area contributed by atoms with Crippen molar-refractivity contribution < 1.29 is 14.3 Å². The highest BCUT2D eigenvalue weighted by molar-refractivity contribution is 6.08. The lowest BCUT2D eigenvalue weighted by Crippen LogP contribution is -2.53. The molecule has 0 aliphatic carbocycles. The first-order valence-corrected chi connectivity index (χ1v) is 12.2. The number of fused-ring (bicyclic) bond motifs is 4. The second-order valence-electron chi connectivity index (χ2n) is 9.74. The van der Waals surface area contributed by atoms with Gasteiger partial charge in [0, 0.05) is 49.2 Å². The number of H-pyrrole nitrogens is 1. The third-order valence-corrected chi connectivity index (χ3v) is 7.65.